The van der Waals surface area contributed by atoms with Crippen LogP contribution < -0.4 is 10.1 Å². The lowest BCUT2D eigenvalue weighted by Gasteiger charge is -2.15. The van der Waals surface area contributed by atoms with E-state index < -0.39 is 0 Å². The highest BCUT2D eigenvalue weighted by Crippen LogP contribution is 2.23. The third-order valence-electron chi connectivity index (χ3n) is 3.41. The highest BCUT2D eigenvalue weighted by Gasteiger charge is 2.13. The van der Waals surface area contributed by atoms with Crippen LogP contribution in [-0.2, 0) is 4.79 Å². The van der Waals surface area contributed by atoms with Gasteiger partial charge < -0.3 is 10.1 Å². The molecule has 0 aromatic heterocycles. The van der Waals surface area contributed by atoms with E-state index >= 15 is 0 Å². The number of ketones is 1. The van der Waals surface area contributed by atoms with Gasteiger partial charge in [-0.05, 0) is 49.7 Å². The lowest BCUT2D eigenvalue weighted by Crippen LogP contribution is -2.31. The monoisotopic (exact) mass is 365 g/mol. The maximum Gasteiger partial charge on any atom is 0.258 e. The fourth-order valence-electron chi connectivity index (χ4n) is 2.19. The van der Waals surface area contributed by atoms with Gasteiger partial charge in [-0.1, -0.05) is 35.3 Å². The fourth-order valence-corrected chi connectivity index (χ4v) is 2.56. The molecular formula is C18H17Cl2NO3. The molecule has 0 aliphatic carbocycles. The van der Waals surface area contributed by atoms with Crippen LogP contribution in [0, 0.1) is 0 Å². The van der Waals surface area contributed by atoms with Gasteiger partial charge in [-0.3, -0.25) is 9.59 Å². The number of Topliss-reactive ketones (excluding diaryl/α,β-unsaturated/α-hetero) is 1. The minimum Gasteiger partial charge on any atom is -0.483 e. The minimum absolute atomic E-state index is 0.180. The molecule has 1 amide bonds. The molecule has 126 valence electrons. The topological polar surface area (TPSA) is 55.4 Å². The number of rotatable bonds is 6. The van der Waals surface area contributed by atoms with Gasteiger partial charge in [-0.25, -0.2) is 0 Å². The summed E-state index contributed by atoms with van der Waals surface area (Å²) in [6, 6.07) is 11.8. The Morgan fingerprint density at radius 3 is 2.50 bits per heavy atom. The van der Waals surface area contributed by atoms with Crippen molar-refractivity contribution in [2.24, 2.45) is 0 Å². The Kier molecular flexibility index (Phi) is 6.23. The van der Waals surface area contributed by atoms with Gasteiger partial charge in [0.2, 0.25) is 0 Å². The van der Waals surface area contributed by atoms with E-state index in [1.165, 1.54) is 13.0 Å². The summed E-state index contributed by atoms with van der Waals surface area (Å²) in [6.45, 7) is 3.07. The van der Waals surface area contributed by atoms with E-state index in [9.17, 15) is 9.59 Å². The lowest BCUT2D eigenvalue weighted by molar-refractivity contribution is -0.123. The standard InChI is InChI=1S/C18H17Cl2NO3/c1-11(13-4-3-5-14(19)8-13)21-18(23)10-24-17-7-6-15(20)9-16(17)12(2)22/h3-9,11H,10H2,1-2H3,(H,21,23). The molecule has 0 spiro atoms. The van der Waals surface area contributed by atoms with E-state index in [1.54, 1.807) is 24.3 Å². The second-order valence-electron chi connectivity index (χ2n) is 5.33. The summed E-state index contributed by atoms with van der Waals surface area (Å²) >= 11 is 11.8. The molecular weight excluding hydrogens is 349 g/mol. The number of hydrogen-bond donors (Lipinski definition) is 1. The predicted octanol–water partition coefficient (Wildman–Crippen LogP) is 4.45. The highest BCUT2D eigenvalue weighted by atomic mass is 35.5. The molecule has 0 heterocycles. The number of nitrogens with one attached hydrogen (secondary N) is 1. The summed E-state index contributed by atoms with van der Waals surface area (Å²) in [7, 11) is 0. The second kappa shape index (κ2) is 8.18. The smallest absolute Gasteiger partial charge is 0.258 e. The van der Waals surface area contributed by atoms with Crippen molar-refractivity contribution in [1.82, 2.24) is 5.32 Å². The van der Waals surface area contributed by atoms with E-state index in [2.05, 4.69) is 5.32 Å². The molecule has 6 heteroatoms. The average Bonchev–Trinajstić information content (AvgIpc) is 2.53. The molecule has 0 saturated carbocycles. The summed E-state index contributed by atoms with van der Waals surface area (Å²) < 4.78 is 5.46. The van der Waals surface area contributed by atoms with Crippen LogP contribution in [0.15, 0.2) is 42.5 Å². The molecule has 0 bridgehead atoms. The number of halogens is 2. The number of ether oxygens (including phenoxy) is 1. The van der Waals surface area contributed by atoms with Crippen LogP contribution in [-0.4, -0.2) is 18.3 Å². The van der Waals surface area contributed by atoms with Crippen LogP contribution in [0.3, 0.4) is 0 Å². The van der Waals surface area contributed by atoms with Crippen LogP contribution in [0.4, 0.5) is 0 Å². The Bertz CT molecular complexity index is 762. The quantitative estimate of drug-likeness (QED) is 0.769. The Balaban J connectivity index is 1.97. The van der Waals surface area contributed by atoms with E-state index in [-0.39, 0.29) is 24.3 Å². The van der Waals surface area contributed by atoms with Crippen molar-refractivity contribution in [2.45, 2.75) is 19.9 Å². The number of benzene rings is 2. The van der Waals surface area contributed by atoms with Crippen LogP contribution in [0.2, 0.25) is 10.0 Å². The maximum absolute atomic E-state index is 12.1. The summed E-state index contributed by atoms with van der Waals surface area (Å²) in [6.07, 6.45) is 0. The van der Waals surface area contributed by atoms with E-state index in [0.717, 1.165) is 5.56 Å². The molecule has 0 aliphatic rings. The summed E-state index contributed by atoms with van der Waals surface area (Å²) in [5, 5.41) is 3.87. The second-order valence-corrected chi connectivity index (χ2v) is 6.20. The molecule has 0 radical (unpaired) electrons. The predicted molar refractivity (Wildman–Crippen MR) is 95.0 cm³/mol. The minimum atomic E-state index is -0.299. The van der Waals surface area contributed by atoms with Crippen LogP contribution >= 0.6 is 23.2 Å². The highest BCUT2D eigenvalue weighted by molar-refractivity contribution is 6.31. The summed E-state index contributed by atoms with van der Waals surface area (Å²) in [5.74, 6) is -0.149. The molecule has 4 nitrogen and oxygen atoms in total. The Hall–Kier alpha value is -2.04. The molecule has 1 unspecified atom stereocenters. The van der Waals surface area contributed by atoms with Crippen molar-refractivity contribution in [1.29, 1.82) is 0 Å². The van der Waals surface area contributed by atoms with E-state index in [0.29, 0.717) is 21.4 Å². The van der Waals surface area contributed by atoms with Gasteiger partial charge in [0.25, 0.3) is 5.91 Å². The first-order chi connectivity index (χ1) is 11.4. The average molecular weight is 366 g/mol. The molecule has 2 aromatic carbocycles. The maximum atomic E-state index is 12.1. The summed E-state index contributed by atoms with van der Waals surface area (Å²) in [4.78, 5) is 23.7. The van der Waals surface area contributed by atoms with Crippen molar-refractivity contribution in [3.8, 4) is 5.75 Å². The zero-order valence-corrected chi connectivity index (χ0v) is 14.8. The van der Waals surface area contributed by atoms with Crippen molar-refractivity contribution in [2.75, 3.05) is 6.61 Å². The van der Waals surface area contributed by atoms with E-state index in [1.807, 2.05) is 19.1 Å². The SMILES string of the molecule is CC(=O)c1cc(Cl)ccc1OCC(=O)NC(C)c1cccc(Cl)c1. The molecule has 1 atom stereocenters. The fraction of sp³-hybridized carbons (Fsp3) is 0.222. The number of hydrogen-bond acceptors (Lipinski definition) is 3. The van der Waals surface area contributed by atoms with Gasteiger partial charge in [-0.15, -0.1) is 0 Å². The van der Waals surface area contributed by atoms with Gasteiger partial charge in [-0.2, -0.15) is 0 Å². The van der Waals surface area contributed by atoms with Gasteiger partial charge in [0.15, 0.2) is 12.4 Å². The Morgan fingerprint density at radius 2 is 1.83 bits per heavy atom. The lowest BCUT2D eigenvalue weighted by atomic mass is 10.1. The van der Waals surface area contributed by atoms with Gasteiger partial charge in [0, 0.05) is 10.0 Å². The molecule has 24 heavy (non-hydrogen) atoms. The zero-order chi connectivity index (χ0) is 17.7. The molecule has 2 aromatic rings. The van der Waals surface area contributed by atoms with Crippen molar-refractivity contribution in [3.63, 3.8) is 0 Å². The summed E-state index contributed by atoms with van der Waals surface area (Å²) in [5.41, 5.74) is 1.24. The van der Waals surface area contributed by atoms with Crippen LogP contribution in [0.1, 0.15) is 35.8 Å². The Labute approximate surface area is 150 Å². The third kappa shape index (κ3) is 4.98. The van der Waals surface area contributed by atoms with Crippen LogP contribution in [0.5, 0.6) is 5.75 Å². The van der Waals surface area contributed by atoms with Crippen molar-refractivity contribution in [3.05, 3.63) is 63.6 Å². The van der Waals surface area contributed by atoms with Crippen molar-refractivity contribution < 1.29 is 14.3 Å². The van der Waals surface area contributed by atoms with Crippen LogP contribution in [0.25, 0.3) is 0 Å². The Morgan fingerprint density at radius 1 is 1.12 bits per heavy atom. The van der Waals surface area contributed by atoms with Crippen molar-refractivity contribution >= 4 is 34.9 Å². The number of carbonyl (C=O) groups is 2. The van der Waals surface area contributed by atoms with Gasteiger partial charge in [0.05, 0.1) is 11.6 Å². The third-order valence-corrected chi connectivity index (χ3v) is 3.88. The first-order valence-corrected chi connectivity index (χ1v) is 8.10. The first-order valence-electron chi connectivity index (χ1n) is 7.35. The molecule has 0 saturated heterocycles. The van der Waals surface area contributed by atoms with Gasteiger partial charge >= 0.3 is 0 Å². The molecule has 0 aliphatic heterocycles. The number of carbonyl (C=O) groups excluding carboxylic acids is 2. The van der Waals surface area contributed by atoms with E-state index in [4.69, 9.17) is 27.9 Å². The zero-order valence-electron chi connectivity index (χ0n) is 13.3. The largest absolute Gasteiger partial charge is 0.483 e. The normalized spacial score (nSPS) is 11.7. The molecule has 1 N–H and O–H groups in total. The molecule has 2 rings (SSSR count). The molecule has 0 fully saturated rings. The van der Waals surface area contributed by atoms with Gasteiger partial charge in [0.1, 0.15) is 5.75 Å². The number of amides is 1. The first kappa shape index (κ1) is 18.3.